The number of aromatic amines is 1. The fourth-order valence-electron chi connectivity index (χ4n) is 2.13. The van der Waals surface area contributed by atoms with Gasteiger partial charge >= 0.3 is 0 Å². The molecule has 0 unspecified atom stereocenters. The summed E-state index contributed by atoms with van der Waals surface area (Å²) in [5, 5.41) is 0.607. The minimum atomic E-state index is -0.128. The van der Waals surface area contributed by atoms with Crippen LogP contribution in [0.4, 0.5) is 0 Å². The van der Waals surface area contributed by atoms with E-state index in [0.717, 1.165) is 16.9 Å². The number of ether oxygens (including phenoxy) is 1. The van der Waals surface area contributed by atoms with Gasteiger partial charge in [0.05, 0.1) is 24.3 Å². The minimum Gasteiger partial charge on any atom is -0.497 e. The lowest BCUT2D eigenvalue weighted by molar-refractivity contribution is 0.415. The predicted octanol–water partition coefficient (Wildman–Crippen LogP) is 2.60. The third-order valence-corrected chi connectivity index (χ3v) is 3.07. The van der Waals surface area contributed by atoms with Gasteiger partial charge in [0.15, 0.2) is 0 Å². The van der Waals surface area contributed by atoms with Crippen LogP contribution in [-0.2, 0) is 0 Å². The smallest absolute Gasteiger partial charge is 0.259 e. The lowest BCUT2D eigenvalue weighted by atomic mass is 10.0. The van der Waals surface area contributed by atoms with Gasteiger partial charge in [0.2, 0.25) is 0 Å². The van der Waals surface area contributed by atoms with E-state index < -0.39 is 0 Å². The Bertz CT molecular complexity index is 771. The number of nitrogens with one attached hydrogen (secondary N) is 1. The number of aromatic nitrogens is 2. The zero-order chi connectivity index (χ0) is 13.2. The Morgan fingerprint density at radius 2 is 1.89 bits per heavy atom. The van der Waals surface area contributed by atoms with Crippen molar-refractivity contribution in [1.82, 2.24) is 9.97 Å². The lowest BCUT2D eigenvalue weighted by Gasteiger charge is -2.06. The summed E-state index contributed by atoms with van der Waals surface area (Å²) in [6.45, 7) is 0. The van der Waals surface area contributed by atoms with E-state index in [0.29, 0.717) is 10.9 Å². The maximum atomic E-state index is 12.0. The maximum Gasteiger partial charge on any atom is 0.259 e. The highest BCUT2D eigenvalue weighted by atomic mass is 16.5. The molecule has 1 heterocycles. The Morgan fingerprint density at radius 3 is 2.63 bits per heavy atom. The highest BCUT2D eigenvalue weighted by molar-refractivity contribution is 5.93. The SMILES string of the molecule is COc1ccc(-c2cccc3nc[nH]c(=O)c23)cc1. The van der Waals surface area contributed by atoms with Crippen molar-refractivity contribution in [2.75, 3.05) is 7.11 Å². The fourth-order valence-corrected chi connectivity index (χ4v) is 2.13. The molecule has 0 bridgehead atoms. The zero-order valence-electron chi connectivity index (χ0n) is 10.4. The van der Waals surface area contributed by atoms with E-state index >= 15 is 0 Å². The molecule has 4 heteroatoms. The van der Waals surface area contributed by atoms with Gasteiger partial charge in [-0.1, -0.05) is 24.3 Å². The van der Waals surface area contributed by atoms with Gasteiger partial charge in [0.1, 0.15) is 5.75 Å². The van der Waals surface area contributed by atoms with E-state index in [2.05, 4.69) is 9.97 Å². The second kappa shape index (κ2) is 4.57. The van der Waals surface area contributed by atoms with Gasteiger partial charge in [-0.3, -0.25) is 4.79 Å². The Hall–Kier alpha value is -2.62. The first-order chi connectivity index (χ1) is 9.29. The molecule has 0 aliphatic rings. The molecule has 1 N–H and O–H groups in total. The van der Waals surface area contributed by atoms with Crippen LogP contribution in [0.1, 0.15) is 0 Å². The van der Waals surface area contributed by atoms with Crippen LogP contribution in [-0.4, -0.2) is 17.1 Å². The van der Waals surface area contributed by atoms with Gasteiger partial charge in [-0.05, 0) is 29.3 Å². The van der Waals surface area contributed by atoms with Crippen LogP contribution in [0.15, 0.2) is 53.6 Å². The molecule has 94 valence electrons. The largest absolute Gasteiger partial charge is 0.497 e. The summed E-state index contributed by atoms with van der Waals surface area (Å²) in [7, 11) is 1.63. The van der Waals surface area contributed by atoms with Crippen LogP contribution < -0.4 is 10.3 Å². The van der Waals surface area contributed by atoms with Crippen molar-refractivity contribution in [3.05, 3.63) is 59.1 Å². The Labute approximate surface area is 109 Å². The van der Waals surface area contributed by atoms with Gasteiger partial charge in [0, 0.05) is 0 Å². The number of hydrogen-bond acceptors (Lipinski definition) is 3. The van der Waals surface area contributed by atoms with Gasteiger partial charge in [-0.2, -0.15) is 0 Å². The minimum absolute atomic E-state index is 0.128. The number of fused-ring (bicyclic) bond motifs is 1. The second-order valence-corrected chi connectivity index (χ2v) is 4.16. The van der Waals surface area contributed by atoms with E-state index in [4.69, 9.17) is 4.74 Å². The van der Waals surface area contributed by atoms with Crippen LogP contribution in [0, 0.1) is 0 Å². The standard InChI is InChI=1S/C15H12N2O2/c1-19-11-7-5-10(6-8-11)12-3-2-4-13-14(12)15(18)17-9-16-13/h2-9H,1H3,(H,16,17,18). The molecular formula is C15H12N2O2. The van der Waals surface area contributed by atoms with Crippen molar-refractivity contribution in [3.63, 3.8) is 0 Å². The summed E-state index contributed by atoms with van der Waals surface area (Å²) >= 11 is 0. The maximum absolute atomic E-state index is 12.0. The predicted molar refractivity (Wildman–Crippen MR) is 74.4 cm³/mol. The van der Waals surface area contributed by atoms with E-state index in [9.17, 15) is 4.79 Å². The lowest BCUT2D eigenvalue weighted by Crippen LogP contribution is -2.07. The molecule has 19 heavy (non-hydrogen) atoms. The molecule has 2 aromatic carbocycles. The molecule has 0 saturated carbocycles. The van der Waals surface area contributed by atoms with E-state index in [1.54, 1.807) is 7.11 Å². The van der Waals surface area contributed by atoms with E-state index in [1.807, 2.05) is 42.5 Å². The average Bonchev–Trinajstić information content (AvgIpc) is 2.47. The highest BCUT2D eigenvalue weighted by Gasteiger charge is 2.07. The molecule has 0 amide bonds. The Morgan fingerprint density at radius 1 is 1.11 bits per heavy atom. The molecule has 0 radical (unpaired) electrons. The molecular weight excluding hydrogens is 240 g/mol. The van der Waals surface area contributed by atoms with Gasteiger partial charge in [-0.25, -0.2) is 4.98 Å². The van der Waals surface area contributed by atoms with Gasteiger partial charge in [-0.15, -0.1) is 0 Å². The molecule has 0 aliphatic carbocycles. The Balaban J connectivity index is 2.27. The van der Waals surface area contributed by atoms with Crippen molar-refractivity contribution in [2.24, 2.45) is 0 Å². The topological polar surface area (TPSA) is 55.0 Å². The third kappa shape index (κ3) is 1.97. The van der Waals surface area contributed by atoms with Crippen LogP contribution in [0.25, 0.3) is 22.0 Å². The molecule has 0 spiro atoms. The van der Waals surface area contributed by atoms with E-state index in [-0.39, 0.29) is 5.56 Å². The fraction of sp³-hybridized carbons (Fsp3) is 0.0667. The van der Waals surface area contributed by atoms with Gasteiger partial charge in [0.25, 0.3) is 5.56 Å². The average molecular weight is 252 g/mol. The Kier molecular flexibility index (Phi) is 2.76. The number of hydrogen-bond donors (Lipinski definition) is 1. The van der Waals surface area contributed by atoms with Crippen LogP contribution in [0.2, 0.25) is 0 Å². The summed E-state index contributed by atoms with van der Waals surface area (Å²) in [4.78, 5) is 18.8. The monoisotopic (exact) mass is 252 g/mol. The second-order valence-electron chi connectivity index (χ2n) is 4.16. The number of rotatable bonds is 2. The van der Waals surface area contributed by atoms with Crippen LogP contribution in [0.5, 0.6) is 5.75 Å². The molecule has 4 nitrogen and oxygen atoms in total. The summed E-state index contributed by atoms with van der Waals surface area (Å²) in [5.74, 6) is 0.788. The summed E-state index contributed by atoms with van der Waals surface area (Å²) < 4.78 is 5.14. The summed E-state index contributed by atoms with van der Waals surface area (Å²) in [5.41, 5.74) is 2.40. The number of H-pyrrole nitrogens is 1. The first kappa shape index (κ1) is 11.5. The summed E-state index contributed by atoms with van der Waals surface area (Å²) in [6.07, 6.45) is 1.42. The molecule has 3 aromatic rings. The number of nitrogens with zero attached hydrogens (tertiary/aromatic N) is 1. The van der Waals surface area contributed by atoms with Crippen LogP contribution >= 0.6 is 0 Å². The third-order valence-electron chi connectivity index (χ3n) is 3.07. The molecule has 3 rings (SSSR count). The van der Waals surface area contributed by atoms with E-state index in [1.165, 1.54) is 6.33 Å². The normalized spacial score (nSPS) is 10.6. The summed E-state index contributed by atoms with van der Waals surface area (Å²) in [6, 6.07) is 13.3. The van der Waals surface area contributed by atoms with Crippen molar-refractivity contribution in [1.29, 1.82) is 0 Å². The van der Waals surface area contributed by atoms with Crippen molar-refractivity contribution in [2.45, 2.75) is 0 Å². The zero-order valence-corrected chi connectivity index (χ0v) is 10.4. The highest BCUT2D eigenvalue weighted by Crippen LogP contribution is 2.26. The first-order valence-corrected chi connectivity index (χ1v) is 5.90. The number of benzene rings is 2. The van der Waals surface area contributed by atoms with Crippen molar-refractivity contribution < 1.29 is 4.74 Å². The van der Waals surface area contributed by atoms with Crippen molar-refractivity contribution in [3.8, 4) is 16.9 Å². The molecule has 0 saturated heterocycles. The van der Waals surface area contributed by atoms with Crippen molar-refractivity contribution >= 4 is 10.9 Å². The number of methoxy groups -OCH3 is 1. The first-order valence-electron chi connectivity index (χ1n) is 5.90. The molecule has 0 fully saturated rings. The molecule has 0 aliphatic heterocycles. The quantitative estimate of drug-likeness (QED) is 0.762. The van der Waals surface area contributed by atoms with Crippen LogP contribution in [0.3, 0.4) is 0 Å². The molecule has 1 aromatic heterocycles. The van der Waals surface area contributed by atoms with Gasteiger partial charge < -0.3 is 9.72 Å². The molecule has 0 atom stereocenters.